The molecule has 2 N–H and O–H groups in total. The summed E-state index contributed by atoms with van der Waals surface area (Å²) in [6.07, 6.45) is 8.97. The van der Waals surface area contributed by atoms with Crippen molar-refractivity contribution in [3.63, 3.8) is 0 Å². The number of rotatable bonds is 4. The lowest BCUT2D eigenvalue weighted by molar-refractivity contribution is 0.107. The molecule has 5 atom stereocenters. The van der Waals surface area contributed by atoms with Crippen LogP contribution in [0.15, 0.2) is 30.3 Å². The van der Waals surface area contributed by atoms with Gasteiger partial charge in [-0.15, -0.1) is 6.42 Å². The Balaban J connectivity index is 1.24. The Labute approximate surface area is 258 Å². The maximum atomic E-state index is 17.0. The number of piperazine rings is 1. The molecule has 2 aromatic carbocycles. The third kappa shape index (κ3) is 4.08. The molecule has 6 aliphatic heterocycles. The van der Waals surface area contributed by atoms with Gasteiger partial charge in [-0.2, -0.15) is 9.97 Å². The zero-order valence-corrected chi connectivity index (χ0v) is 24.6. The van der Waals surface area contributed by atoms with Gasteiger partial charge in [-0.3, -0.25) is 4.90 Å². The maximum Gasteiger partial charge on any atom is 0.319 e. The number of alkyl halides is 1. The van der Waals surface area contributed by atoms with E-state index < -0.39 is 17.5 Å². The highest BCUT2D eigenvalue weighted by Crippen LogP contribution is 2.45. The van der Waals surface area contributed by atoms with Gasteiger partial charge in [0.2, 0.25) is 5.88 Å². The van der Waals surface area contributed by atoms with E-state index in [2.05, 4.69) is 26.0 Å². The van der Waals surface area contributed by atoms with Crippen molar-refractivity contribution in [3.8, 4) is 41.2 Å². The fourth-order valence-corrected chi connectivity index (χ4v) is 8.47. The molecule has 0 saturated carbocycles. The van der Waals surface area contributed by atoms with Crippen LogP contribution >= 0.6 is 0 Å². The van der Waals surface area contributed by atoms with Gasteiger partial charge in [-0.1, -0.05) is 18.1 Å². The standard InChI is InChI=1S/C34H32F2N6O3/c1-2-18-5-3-6-19-11-22(43)13-23(26(18)19)29-28(36)30-27-31(42-16-21-12-24(37-21)25(42)7-10-44-32(27)38-29)40-33(39-30)45-17-34-8-4-9-41(34)15-20(35)14-34/h1,3,5-6,11,13,20-21,24-25,37,43H,4,7-10,12,14-17H2/t20-,21-,24+,25-,34+/m1/s1. The number of benzene rings is 2. The van der Waals surface area contributed by atoms with E-state index in [1.54, 1.807) is 18.2 Å². The molecule has 0 amide bonds. The second kappa shape index (κ2) is 9.86. The number of aromatic hydroxyl groups is 1. The molecular formula is C34H32F2N6O3. The summed E-state index contributed by atoms with van der Waals surface area (Å²) in [6, 6.07) is 9.19. The molecule has 0 aliphatic carbocycles. The summed E-state index contributed by atoms with van der Waals surface area (Å²) in [5, 5.41) is 15.9. The molecule has 10 rings (SSSR count). The van der Waals surface area contributed by atoms with Crippen molar-refractivity contribution in [2.45, 2.75) is 61.9 Å². The van der Waals surface area contributed by atoms with E-state index in [1.165, 1.54) is 6.07 Å². The number of hydrogen-bond donors (Lipinski definition) is 2. The van der Waals surface area contributed by atoms with E-state index in [0.717, 1.165) is 32.2 Å². The van der Waals surface area contributed by atoms with Crippen molar-refractivity contribution in [1.82, 2.24) is 25.2 Å². The van der Waals surface area contributed by atoms with Crippen LogP contribution in [0.2, 0.25) is 0 Å². The van der Waals surface area contributed by atoms with Crippen molar-refractivity contribution in [2.24, 2.45) is 0 Å². The number of piperidine rings is 1. The largest absolute Gasteiger partial charge is 0.508 e. The first-order valence-corrected chi connectivity index (χ1v) is 15.7. The van der Waals surface area contributed by atoms with Gasteiger partial charge in [0.15, 0.2) is 5.82 Å². The van der Waals surface area contributed by atoms with Crippen LogP contribution in [0.5, 0.6) is 17.6 Å². The Kier molecular flexibility index (Phi) is 5.93. The number of phenolic OH excluding ortho intramolecular Hbond substituents is 1. The molecule has 0 radical (unpaired) electrons. The molecule has 2 aromatic heterocycles. The lowest BCUT2D eigenvalue weighted by atomic mass is 9.82. The first-order chi connectivity index (χ1) is 21.9. The van der Waals surface area contributed by atoms with Gasteiger partial charge in [0, 0.05) is 60.6 Å². The van der Waals surface area contributed by atoms with E-state index in [0.29, 0.717) is 65.3 Å². The summed E-state index contributed by atoms with van der Waals surface area (Å²) in [4.78, 5) is 18.7. The molecule has 2 bridgehead atoms. The second-order valence-corrected chi connectivity index (χ2v) is 13.1. The van der Waals surface area contributed by atoms with Gasteiger partial charge in [0.05, 0.1) is 12.1 Å². The van der Waals surface area contributed by atoms with Crippen LogP contribution in [0.3, 0.4) is 0 Å². The minimum absolute atomic E-state index is 0.0214. The van der Waals surface area contributed by atoms with Gasteiger partial charge < -0.3 is 24.8 Å². The smallest absolute Gasteiger partial charge is 0.319 e. The summed E-state index contributed by atoms with van der Waals surface area (Å²) in [7, 11) is 0. The number of halogens is 2. The van der Waals surface area contributed by atoms with Gasteiger partial charge in [0.25, 0.3) is 0 Å². The van der Waals surface area contributed by atoms with Crippen LogP contribution in [-0.2, 0) is 0 Å². The number of hydrogen-bond acceptors (Lipinski definition) is 9. The lowest BCUT2D eigenvalue weighted by Crippen LogP contribution is -2.72. The van der Waals surface area contributed by atoms with Crippen LogP contribution < -0.4 is 19.7 Å². The van der Waals surface area contributed by atoms with Gasteiger partial charge in [-0.25, -0.2) is 13.8 Å². The fourth-order valence-electron chi connectivity index (χ4n) is 8.47. The SMILES string of the molecule is C#Cc1cccc2cc(O)cc(-c3nc4c5c(nc(OC[C@@]67CCCN6C[C@H](F)C7)nc5c3F)N3C[C@H]5C[C@H](N5)[C@H]3CCO4)c12. The summed E-state index contributed by atoms with van der Waals surface area (Å²) >= 11 is 0. The minimum atomic E-state index is -0.899. The van der Waals surface area contributed by atoms with Crippen molar-refractivity contribution in [2.75, 3.05) is 37.7 Å². The Bertz CT molecular complexity index is 1930. The van der Waals surface area contributed by atoms with Crippen LogP contribution in [0.4, 0.5) is 14.6 Å². The van der Waals surface area contributed by atoms with E-state index in [-0.39, 0.29) is 47.5 Å². The number of phenols is 1. The molecule has 5 fully saturated rings. The Morgan fingerprint density at radius 3 is 2.96 bits per heavy atom. The van der Waals surface area contributed by atoms with Gasteiger partial charge >= 0.3 is 6.01 Å². The second-order valence-electron chi connectivity index (χ2n) is 13.1. The number of pyridine rings is 1. The molecule has 230 valence electrons. The predicted molar refractivity (Wildman–Crippen MR) is 165 cm³/mol. The van der Waals surface area contributed by atoms with E-state index >= 15 is 4.39 Å². The Hall–Kier alpha value is -4.27. The first kappa shape index (κ1) is 27.1. The lowest BCUT2D eigenvalue weighted by Gasteiger charge is -2.54. The number of nitrogens with zero attached hydrogens (tertiary/aromatic N) is 5. The minimum Gasteiger partial charge on any atom is -0.508 e. The fraction of sp³-hybridized carbons (Fsp3) is 0.441. The molecule has 0 spiro atoms. The van der Waals surface area contributed by atoms with Crippen molar-refractivity contribution < 1.29 is 23.4 Å². The van der Waals surface area contributed by atoms with E-state index in [4.69, 9.17) is 25.9 Å². The monoisotopic (exact) mass is 610 g/mol. The number of aromatic nitrogens is 3. The quantitative estimate of drug-likeness (QED) is 0.328. The molecule has 9 nitrogen and oxygen atoms in total. The number of anilines is 1. The molecule has 5 saturated heterocycles. The van der Waals surface area contributed by atoms with Crippen LogP contribution in [0.25, 0.3) is 32.9 Å². The van der Waals surface area contributed by atoms with Crippen LogP contribution in [-0.4, -0.2) is 87.6 Å². The highest BCUT2D eigenvalue weighted by atomic mass is 19.1. The average molecular weight is 611 g/mol. The molecular weight excluding hydrogens is 578 g/mol. The predicted octanol–water partition coefficient (Wildman–Crippen LogP) is 4.33. The van der Waals surface area contributed by atoms with Gasteiger partial charge in [-0.05, 0) is 49.4 Å². The average Bonchev–Trinajstić information content (AvgIpc) is 3.54. The number of terminal acetylenes is 1. The topological polar surface area (TPSA) is 95.9 Å². The van der Waals surface area contributed by atoms with Crippen LogP contribution in [0.1, 0.15) is 37.7 Å². The summed E-state index contributed by atoms with van der Waals surface area (Å²) in [5.74, 6) is 2.70. The van der Waals surface area contributed by atoms with Crippen molar-refractivity contribution in [3.05, 3.63) is 41.7 Å². The highest BCUT2D eigenvalue weighted by molar-refractivity contribution is 6.04. The molecule has 4 aromatic rings. The number of nitrogens with one attached hydrogen (secondary N) is 1. The summed E-state index contributed by atoms with van der Waals surface area (Å²) in [6.45, 7) is 2.55. The summed E-state index contributed by atoms with van der Waals surface area (Å²) < 4.78 is 44.1. The highest BCUT2D eigenvalue weighted by Gasteiger charge is 2.50. The maximum absolute atomic E-state index is 17.0. The van der Waals surface area contributed by atoms with E-state index in [1.807, 2.05) is 6.07 Å². The molecule has 0 unspecified atom stereocenters. The molecule has 8 heterocycles. The third-order valence-corrected chi connectivity index (χ3v) is 10.5. The van der Waals surface area contributed by atoms with Gasteiger partial charge in [0.1, 0.15) is 40.9 Å². The van der Waals surface area contributed by atoms with Crippen LogP contribution in [0, 0.1) is 18.2 Å². The zero-order chi connectivity index (χ0) is 30.4. The first-order valence-electron chi connectivity index (χ1n) is 15.7. The van der Waals surface area contributed by atoms with Crippen molar-refractivity contribution >= 4 is 27.5 Å². The number of ether oxygens (including phenoxy) is 2. The number of fused-ring (bicyclic) bond motifs is 2. The Morgan fingerprint density at radius 1 is 1.20 bits per heavy atom. The molecule has 45 heavy (non-hydrogen) atoms. The molecule has 6 aliphatic rings. The Morgan fingerprint density at radius 2 is 2.09 bits per heavy atom. The summed E-state index contributed by atoms with van der Waals surface area (Å²) in [5.41, 5.74) is 0.460. The third-order valence-electron chi connectivity index (χ3n) is 10.5. The van der Waals surface area contributed by atoms with Crippen molar-refractivity contribution in [1.29, 1.82) is 0 Å². The molecule has 11 heteroatoms. The zero-order valence-electron chi connectivity index (χ0n) is 24.6. The normalized spacial score (nSPS) is 28.5. The van der Waals surface area contributed by atoms with E-state index in [9.17, 15) is 9.50 Å².